The first-order valence-corrected chi connectivity index (χ1v) is 9.88. The molecular formula is C22H24FN3O3. The van der Waals surface area contributed by atoms with Crippen LogP contribution in [0.15, 0.2) is 48.5 Å². The maximum Gasteiger partial charge on any atom is 0.230 e. The molecule has 2 aromatic rings. The average Bonchev–Trinajstić information content (AvgIpc) is 2.73. The summed E-state index contributed by atoms with van der Waals surface area (Å²) in [7, 11) is 0. The number of carbonyl (C=O) groups excluding carboxylic acids is 2. The molecule has 152 valence electrons. The van der Waals surface area contributed by atoms with Gasteiger partial charge in [-0.05, 0) is 29.8 Å². The molecule has 1 saturated heterocycles. The molecule has 2 aliphatic heterocycles. The van der Waals surface area contributed by atoms with Crippen molar-refractivity contribution in [3.05, 3.63) is 59.9 Å². The van der Waals surface area contributed by atoms with E-state index in [1.165, 1.54) is 12.1 Å². The zero-order valence-electron chi connectivity index (χ0n) is 16.1. The number of piperazine rings is 1. The van der Waals surface area contributed by atoms with Crippen LogP contribution in [0.2, 0.25) is 0 Å². The predicted molar refractivity (Wildman–Crippen MR) is 107 cm³/mol. The Labute approximate surface area is 169 Å². The second-order valence-corrected chi connectivity index (χ2v) is 7.36. The largest absolute Gasteiger partial charge is 0.492 e. The first-order chi connectivity index (χ1) is 14.1. The number of benzene rings is 2. The van der Waals surface area contributed by atoms with E-state index in [4.69, 9.17) is 4.74 Å². The molecule has 2 aliphatic rings. The number of nitrogens with one attached hydrogen (secondary N) is 1. The smallest absolute Gasteiger partial charge is 0.230 e. The molecule has 0 saturated carbocycles. The predicted octanol–water partition coefficient (Wildman–Crippen LogP) is 2.47. The molecule has 2 amide bonds. The summed E-state index contributed by atoms with van der Waals surface area (Å²) >= 11 is 0. The van der Waals surface area contributed by atoms with Gasteiger partial charge in [0.05, 0.1) is 5.92 Å². The van der Waals surface area contributed by atoms with E-state index in [9.17, 15) is 14.0 Å². The summed E-state index contributed by atoms with van der Waals surface area (Å²) < 4.78 is 19.2. The third-order valence-electron chi connectivity index (χ3n) is 5.46. The van der Waals surface area contributed by atoms with Crippen molar-refractivity contribution in [1.82, 2.24) is 9.80 Å². The maximum absolute atomic E-state index is 13.5. The monoisotopic (exact) mass is 397 g/mol. The Morgan fingerprint density at radius 2 is 1.86 bits per heavy atom. The number of carbonyl (C=O) groups is 2. The molecular weight excluding hydrogens is 373 g/mol. The van der Waals surface area contributed by atoms with Crippen LogP contribution in [0.4, 0.5) is 10.1 Å². The van der Waals surface area contributed by atoms with E-state index in [-0.39, 0.29) is 18.2 Å². The van der Waals surface area contributed by atoms with Crippen LogP contribution >= 0.6 is 0 Å². The van der Waals surface area contributed by atoms with Gasteiger partial charge in [-0.15, -0.1) is 0 Å². The molecule has 6 nitrogen and oxygen atoms in total. The summed E-state index contributed by atoms with van der Waals surface area (Å²) in [4.78, 5) is 29.1. The first-order valence-electron chi connectivity index (χ1n) is 9.88. The average molecular weight is 397 g/mol. The van der Waals surface area contributed by atoms with Crippen molar-refractivity contribution in [3.63, 3.8) is 0 Å². The molecule has 0 aliphatic carbocycles. The Morgan fingerprint density at radius 3 is 2.62 bits per heavy atom. The van der Waals surface area contributed by atoms with Crippen molar-refractivity contribution < 1.29 is 18.7 Å². The maximum atomic E-state index is 13.5. The molecule has 0 aromatic heterocycles. The number of amides is 2. The van der Waals surface area contributed by atoms with Gasteiger partial charge in [0, 0.05) is 44.8 Å². The van der Waals surface area contributed by atoms with E-state index in [2.05, 4.69) is 10.2 Å². The summed E-state index contributed by atoms with van der Waals surface area (Å²) in [5.41, 5.74) is 1.09. The van der Waals surface area contributed by atoms with Crippen LogP contribution in [0.1, 0.15) is 17.9 Å². The number of anilines is 1. The van der Waals surface area contributed by atoms with Crippen LogP contribution in [0, 0.1) is 5.82 Å². The molecule has 1 fully saturated rings. The Bertz CT molecular complexity index is 882. The zero-order chi connectivity index (χ0) is 20.2. The highest BCUT2D eigenvalue weighted by Crippen LogP contribution is 2.34. The molecule has 7 heteroatoms. The third-order valence-corrected chi connectivity index (χ3v) is 5.46. The molecule has 1 N–H and O–H groups in total. The molecule has 2 heterocycles. The van der Waals surface area contributed by atoms with Gasteiger partial charge < -0.3 is 15.0 Å². The van der Waals surface area contributed by atoms with Gasteiger partial charge in [-0.2, -0.15) is 0 Å². The van der Waals surface area contributed by atoms with Gasteiger partial charge in [-0.25, -0.2) is 4.39 Å². The normalized spacial score (nSPS) is 19.4. The number of hydrogen-bond donors (Lipinski definition) is 1. The Balaban J connectivity index is 1.31. The topological polar surface area (TPSA) is 61.9 Å². The minimum Gasteiger partial charge on any atom is -0.492 e. The lowest BCUT2D eigenvalue weighted by Gasteiger charge is -2.37. The van der Waals surface area contributed by atoms with Gasteiger partial charge in [0.2, 0.25) is 11.8 Å². The van der Waals surface area contributed by atoms with Crippen LogP contribution in [0.25, 0.3) is 0 Å². The second-order valence-electron chi connectivity index (χ2n) is 7.36. The fourth-order valence-electron chi connectivity index (χ4n) is 3.88. The molecule has 0 radical (unpaired) electrons. The molecule has 29 heavy (non-hydrogen) atoms. The molecule has 2 aromatic carbocycles. The van der Waals surface area contributed by atoms with E-state index in [1.807, 2.05) is 35.2 Å². The van der Waals surface area contributed by atoms with Gasteiger partial charge in [-0.1, -0.05) is 24.3 Å². The van der Waals surface area contributed by atoms with Crippen LogP contribution < -0.4 is 10.1 Å². The first kappa shape index (κ1) is 19.4. The Kier molecular flexibility index (Phi) is 5.76. The lowest BCUT2D eigenvalue weighted by Crippen LogP contribution is -2.51. The number of para-hydroxylation sites is 1. The molecule has 1 atom stereocenters. The number of hydrogen-bond acceptors (Lipinski definition) is 4. The van der Waals surface area contributed by atoms with Crippen molar-refractivity contribution in [2.45, 2.75) is 12.3 Å². The van der Waals surface area contributed by atoms with Gasteiger partial charge in [-0.3, -0.25) is 14.5 Å². The van der Waals surface area contributed by atoms with E-state index < -0.39 is 11.7 Å². The second kappa shape index (κ2) is 8.61. The highest BCUT2D eigenvalue weighted by molar-refractivity contribution is 6.01. The highest BCUT2D eigenvalue weighted by Gasteiger charge is 2.34. The van der Waals surface area contributed by atoms with Crippen LogP contribution in [0.5, 0.6) is 5.75 Å². The number of rotatable bonds is 5. The van der Waals surface area contributed by atoms with Gasteiger partial charge in [0.15, 0.2) is 0 Å². The van der Waals surface area contributed by atoms with Crippen molar-refractivity contribution in [2.75, 3.05) is 44.6 Å². The molecule has 1 unspecified atom stereocenters. The number of fused-ring (bicyclic) bond motifs is 1. The van der Waals surface area contributed by atoms with Gasteiger partial charge in [0.25, 0.3) is 0 Å². The summed E-state index contributed by atoms with van der Waals surface area (Å²) in [5.74, 6) is -0.436. The van der Waals surface area contributed by atoms with Crippen LogP contribution in [-0.2, 0) is 9.59 Å². The van der Waals surface area contributed by atoms with E-state index in [0.717, 1.165) is 25.4 Å². The fraction of sp³-hybridized carbons (Fsp3) is 0.364. The van der Waals surface area contributed by atoms with E-state index in [0.29, 0.717) is 30.9 Å². The fourth-order valence-corrected chi connectivity index (χ4v) is 3.88. The Hall–Kier alpha value is -2.93. The van der Waals surface area contributed by atoms with Crippen molar-refractivity contribution in [3.8, 4) is 5.75 Å². The third kappa shape index (κ3) is 4.56. The highest BCUT2D eigenvalue weighted by atomic mass is 19.1. The minimum absolute atomic E-state index is 0.0621. The summed E-state index contributed by atoms with van der Waals surface area (Å²) in [6, 6.07) is 13.9. The summed E-state index contributed by atoms with van der Waals surface area (Å²) in [6.45, 7) is 4.14. The van der Waals surface area contributed by atoms with Crippen molar-refractivity contribution in [2.24, 2.45) is 0 Å². The van der Waals surface area contributed by atoms with E-state index >= 15 is 0 Å². The lowest BCUT2D eigenvalue weighted by molar-refractivity contribution is -0.136. The molecule has 4 rings (SSSR count). The minimum atomic E-state index is -0.549. The number of nitrogens with zero attached hydrogens (tertiary/aromatic N) is 2. The SMILES string of the molecule is O=C1CC(C(=O)N2CCN(CCOc3ccccc3)CC2)c2ccc(F)cc2N1. The van der Waals surface area contributed by atoms with Gasteiger partial charge >= 0.3 is 0 Å². The number of ether oxygens (including phenoxy) is 1. The Morgan fingerprint density at radius 1 is 1.10 bits per heavy atom. The molecule has 0 bridgehead atoms. The molecule has 0 spiro atoms. The standard InChI is InChI=1S/C22H24FN3O3/c23-16-6-7-18-19(15-21(27)24-20(18)14-16)22(28)26-10-8-25(9-11-26)12-13-29-17-4-2-1-3-5-17/h1-7,14,19H,8-13,15H2,(H,24,27). The number of halogens is 1. The van der Waals surface area contributed by atoms with E-state index in [1.54, 1.807) is 6.07 Å². The van der Waals surface area contributed by atoms with Crippen molar-refractivity contribution >= 4 is 17.5 Å². The van der Waals surface area contributed by atoms with Crippen LogP contribution in [0.3, 0.4) is 0 Å². The van der Waals surface area contributed by atoms with Crippen molar-refractivity contribution in [1.29, 1.82) is 0 Å². The van der Waals surface area contributed by atoms with Gasteiger partial charge in [0.1, 0.15) is 18.2 Å². The van der Waals surface area contributed by atoms with Crippen LogP contribution in [-0.4, -0.2) is 60.9 Å². The lowest BCUT2D eigenvalue weighted by atomic mass is 9.89. The quantitative estimate of drug-likeness (QED) is 0.842. The summed E-state index contributed by atoms with van der Waals surface area (Å²) in [5, 5.41) is 2.66. The summed E-state index contributed by atoms with van der Waals surface area (Å²) in [6.07, 6.45) is 0.0998. The zero-order valence-corrected chi connectivity index (χ0v) is 16.1.